The predicted molar refractivity (Wildman–Crippen MR) is 79.2 cm³/mol. The van der Waals surface area contributed by atoms with Gasteiger partial charge >= 0.3 is 0 Å². The van der Waals surface area contributed by atoms with Gasteiger partial charge in [0.15, 0.2) is 0 Å². The van der Waals surface area contributed by atoms with E-state index in [0.29, 0.717) is 12.1 Å². The normalized spacial score (nSPS) is 21.3. The minimum atomic E-state index is 0.139. The number of methoxy groups -OCH3 is 1. The molecule has 2 atom stereocenters. The van der Waals surface area contributed by atoms with Crippen molar-refractivity contribution < 1.29 is 4.74 Å². The average molecular weight is 262 g/mol. The van der Waals surface area contributed by atoms with E-state index in [1.165, 1.54) is 11.1 Å². The molecule has 106 valence electrons. The van der Waals surface area contributed by atoms with Crippen molar-refractivity contribution in [3.05, 3.63) is 35.4 Å². The fourth-order valence-electron chi connectivity index (χ4n) is 3.12. The summed E-state index contributed by atoms with van der Waals surface area (Å²) in [7, 11) is 1.81. The topological polar surface area (TPSA) is 38.5 Å². The number of likely N-dealkylation sites (tertiary alicyclic amines) is 1. The third-order valence-electron chi connectivity index (χ3n) is 4.21. The highest BCUT2D eigenvalue weighted by atomic mass is 16.5. The first-order chi connectivity index (χ1) is 9.13. The molecule has 0 aliphatic carbocycles. The van der Waals surface area contributed by atoms with Gasteiger partial charge in [0, 0.05) is 32.3 Å². The van der Waals surface area contributed by atoms with Gasteiger partial charge in [0.05, 0.1) is 6.10 Å². The van der Waals surface area contributed by atoms with Crippen LogP contribution in [0.15, 0.2) is 24.3 Å². The van der Waals surface area contributed by atoms with Crippen LogP contribution in [0.25, 0.3) is 0 Å². The quantitative estimate of drug-likeness (QED) is 0.906. The Morgan fingerprint density at radius 1 is 1.26 bits per heavy atom. The average Bonchev–Trinajstić information content (AvgIpc) is 2.42. The first-order valence-electron chi connectivity index (χ1n) is 7.21. The Bertz CT molecular complexity index is 397. The molecule has 3 nitrogen and oxygen atoms in total. The SMILES string of the molecule is COC1CCN(C(c2ccccc2C)C(C)N)CC1. The minimum Gasteiger partial charge on any atom is -0.381 e. The van der Waals surface area contributed by atoms with Crippen molar-refractivity contribution in [3.63, 3.8) is 0 Å². The molecular formula is C16H26N2O. The molecule has 0 aromatic heterocycles. The molecule has 0 bridgehead atoms. The number of ether oxygens (including phenoxy) is 1. The molecule has 0 saturated carbocycles. The molecule has 2 N–H and O–H groups in total. The molecule has 1 aliphatic heterocycles. The number of nitrogens with two attached hydrogens (primary N) is 1. The van der Waals surface area contributed by atoms with E-state index in [9.17, 15) is 0 Å². The van der Waals surface area contributed by atoms with Gasteiger partial charge in [-0.15, -0.1) is 0 Å². The Balaban J connectivity index is 2.16. The molecule has 0 spiro atoms. The van der Waals surface area contributed by atoms with E-state index in [4.69, 9.17) is 10.5 Å². The molecule has 3 heteroatoms. The van der Waals surface area contributed by atoms with Crippen molar-refractivity contribution in [2.75, 3.05) is 20.2 Å². The summed E-state index contributed by atoms with van der Waals surface area (Å²) in [6.45, 7) is 6.42. The van der Waals surface area contributed by atoms with Crippen LogP contribution in [0.5, 0.6) is 0 Å². The zero-order valence-electron chi connectivity index (χ0n) is 12.3. The van der Waals surface area contributed by atoms with Crippen molar-refractivity contribution in [3.8, 4) is 0 Å². The van der Waals surface area contributed by atoms with Gasteiger partial charge in [-0.05, 0) is 37.8 Å². The van der Waals surface area contributed by atoms with Crippen molar-refractivity contribution in [2.24, 2.45) is 5.73 Å². The van der Waals surface area contributed by atoms with E-state index in [-0.39, 0.29) is 6.04 Å². The maximum atomic E-state index is 6.26. The standard InChI is InChI=1S/C16H26N2O/c1-12-6-4-5-7-15(12)16(13(2)17)18-10-8-14(19-3)9-11-18/h4-7,13-14,16H,8-11,17H2,1-3H3. The maximum Gasteiger partial charge on any atom is 0.0595 e. The van der Waals surface area contributed by atoms with Crippen molar-refractivity contribution in [1.82, 2.24) is 4.90 Å². The zero-order chi connectivity index (χ0) is 13.8. The summed E-state index contributed by atoms with van der Waals surface area (Å²) < 4.78 is 5.45. The molecule has 1 aromatic rings. The van der Waals surface area contributed by atoms with Gasteiger partial charge in [-0.25, -0.2) is 0 Å². The Hall–Kier alpha value is -0.900. The summed E-state index contributed by atoms with van der Waals surface area (Å²) >= 11 is 0. The predicted octanol–water partition coefficient (Wildman–Crippen LogP) is 2.49. The van der Waals surface area contributed by atoms with Gasteiger partial charge in [-0.1, -0.05) is 24.3 Å². The summed E-state index contributed by atoms with van der Waals surface area (Å²) in [5.74, 6) is 0. The Labute approximate surface area is 116 Å². The lowest BCUT2D eigenvalue weighted by molar-refractivity contribution is 0.0233. The third kappa shape index (κ3) is 3.35. The fourth-order valence-corrected chi connectivity index (χ4v) is 3.12. The van der Waals surface area contributed by atoms with Gasteiger partial charge in [-0.3, -0.25) is 4.90 Å². The van der Waals surface area contributed by atoms with Gasteiger partial charge in [-0.2, -0.15) is 0 Å². The van der Waals surface area contributed by atoms with Gasteiger partial charge in [0.2, 0.25) is 0 Å². The van der Waals surface area contributed by atoms with Crippen LogP contribution in [0.3, 0.4) is 0 Å². The second-order valence-corrected chi connectivity index (χ2v) is 5.63. The summed E-state index contributed by atoms with van der Waals surface area (Å²) in [5.41, 5.74) is 8.96. The number of hydrogen-bond acceptors (Lipinski definition) is 3. The largest absolute Gasteiger partial charge is 0.381 e. The summed E-state index contributed by atoms with van der Waals surface area (Å²) in [6, 6.07) is 9.05. The van der Waals surface area contributed by atoms with E-state index in [1.807, 2.05) is 7.11 Å². The van der Waals surface area contributed by atoms with Gasteiger partial charge < -0.3 is 10.5 Å². The summed E-state index contributed by atoms with van der Waals surface area (Å²) in [6.07, 6.45) is 2.62. The highest BCUT2D eigenvalue weighted by molar-refractivity contribution is 5.30. The molecule has 0 radical (unpaired) electrons. The molecule has 1 aliphatic rings. The van der Waals surface area contributed by atoms with Crippen LogP contribution in [0.4, 0.5) is 0 Å². The van der Waals surface area contributed by atoms with Crippen molar-refractivity contribution in [1.29, 1.82) is 0 Å². The fraction of sp³-hybridized carbons (Fsp3) is 0.625. The van der Waals surface area contributed by atoms with E-state index < -0.39 is 0 Å². The lowest BCUT2D eigenvalue weighted by atomic mass is 9.93. The van der Waals surface area contributed by atoms with Crippen LogP contribution >= 0.6 is 0 Å². The summed E-state index contributed by atoms with van der Waals surface area (Å²) in [4.78, 5) is 2.52. The lowest BCUT2D eigenvalue weighted by Gasteiger charge is -2.39. The highest BCUT2D eigenvalue weighted by Gasteiger charge is 2.29. The Morgan fingerprint density at radius 2 is 1.89 bits per heavy atom. The van der Waals surface area contributed by atoms with Crippen molar-refractivity contribution >= 4 is 0 Å². The second-order valence-electron chi connectivity index (χ2n) is 5.63. The first kappa shape index (κ1) is 14.5. The van der Waals surface area contributed by atoms with E-state index in [2.05, 4.69) is 43.0 Å². The molecule has 1 aromatic carbocycles. The first-order valence-corrected chi connectivity index (χ1v) is 7.21. The van der Waals surface area contributed by atoms with Crippen LogP contribution in [0, 0.1) is 6.92 Å². The molecule has 19 heavy (non-hydrogen) atoms. The van der Waals surface area contributed by atoms with Crippen LogP contribution in [0.1, 0.15) is 36.9 Å². The van der Waals surface area contributed by atoms with Gasteiger partial charge in [0.25, 0.3) is 0 Å². The number of nitrogens with zero attached hydrogens (tertiary/aromatic N) is 1. The second kappa shape index (κ2) is 6.51. The lowest BCUT2D eigenvalue weighted by Crippen LogP contribution is -2.45. The molecular weight excluding hydrogens is 236 g/mol. The summed E-state index contributed by atoms with van der Waals surface area (Å²) in [5, 5.41) is 0. The van der Waals surface area contributed by atoms with Crippen LogP contribution in [-0.4, -0.2) is 37.2 Å². The van der Waals surface area contributed by atoms with Crippen molar-refractivity contribution in [2.45, 2.75) is 44.9 Å². The van der Waals surface area contributed by atoms with Crippen LogP contribution in [-0.2, 0) is 4.74 Å². The Kier molecular flexibility index (Phi) is 4.97. The molecule has 2 unspecified atom stereocenters. The molecule has 2 rings (SSSR count). The Morgan fingerprint density at radius 3 is 2.42 bits per heavy atom. The maximum absolute atomic E-state index is 6.26. The van der Waals surface area contributed by atoms with Crippen LogP contribution < -0.4 is 5.73 Å². The van der Waals surface area contributed by atoms with E-state index in [0.717, 1.165) is 25.9 Å². The van der Waals surface area contributed by atoms with E-state index in [1.54, 1.807) is 0 Å². The third-order valence-corrected chi connectivity index (χ3v) is 4.21. The van der Waals surface area contributed by atoms with Crippen LogP contribution in [0.2, 0.25) is 0 Å². The number of aryl methyl sites for hydroxylation is 1. The zero-order valence-corrected chi connectivity index (χ0v) is 12.3. The molecule has 0 amide bonds. The molecule has 1 saturated heterocycles. The number of hydrogen-bond donors (Lipinski definition) is 1. The number of rotatable bonds is 4. The number of piperidine rings is 1. The monoisotopic (exact) mass is 262 g/mol. The van der Waals surface area contributed by atoms with E-state index >= 15 is 0 Å². The molecule has 1 heterocycles. The minimum absolute atomic E-state index is 0.139. The molecule has 1 fully saturated rings. The van der Waals surface area contributed by atoms with Gasteiger partial charge in [0.1, 0.15) is 0 Å². The smallest absolute Gasteiger partial charge is 0.0595 e. The highest BCUT2D eigenvalue weighted by Crippen LogP contribution is 2.29. The number of benzene rings is 1.